The van der Waals surface area contributed by atoms with Crippen LogP contribution in [0.25, 0.3) is 0 Å². The molecule has 1 rings (SSSR count). The third-order valence-corrected chi connectivity index (χ3v) is 3.55. The van der Waals surface area contributed by atoms with Crippen molar-refractivity contribution in [2.24, 2.45) is 0 Å². The third-order valence-electron chi connectivity index (χ3n) is 3.55. The quantitative estimate of drug-likeness (QED) is 0.653. The maximum Gasteiger partial charge on any atom is 0.0701 e. The van der Waals surface area contributed by atoms with Gasteiger partial charge in [0.15, 0.2) is 0 Å². The summed E-state index contributed by atoms with van der Waals surface area (Å²) in [5, 5.41) is 12.7. The Morgan fingerprint density at radius 1 is 1.44 bits per heavy atom. The van der Waals surface area contributed by atoms with E-state index in [2.05, 4.69) is 24.2 Å². The third kappa shape index (κ3) is 6.69. The van der Waals surface area contributed by atoms with Crippen LogP contribution in [-0.2, 0) is 4.74 Å². The highest BCUT2D eigenvalue weighted by atomic mass is 16.5. The summed E-state index contributed by atoms with van der Waals surface area (Å²) in [6, 6.07) is 0.236. The molecule has 0 aromatic rings. The number of ether oxygens (including phenoxy) is 1. The van der Waals surface area contributed by atoms with E-state index in [4.69, 9.17) is 4.74 Å². The van der Waals surface area contributed by atoms with E-state index in [9.17, 15) is 5.11 Å². The second-order valence-corrected chi connectivity index (χ2v) is 5.37. The van der Waals surface area contributed by atoms with Gasteiger partial charge in [0.2, 0.25) is 0 Å². The van der Waals surface area contributed by atoms with Crippen LogP contribution in [0, 0.1) is 0 Å². The first-order chi connectivity index (χ1) is 8.76. The standard InChI is InChI=1S/C14H30N2O2/c1-3-8-15-13(12-17)7-9-16(2)11-14-6-4-5-10-18-14/h13-15,17H,3-12H2,1-2H3. The Morgan fingerprint density at radius 2 is 2.28 bits per heavy atom. The van der Waals surface area contributed by atoms with E-state index in [0.717, 1.165) is 39.1 Å². The van der Waals surface area contributed by atoms with Crippen molar-refractivity contribution in [2.75, 3.05) is 39.9 Å². The number of aliphatic hydroxyl groups is 1. The number of hydrogen-bond donors (Lipinski definition) is 2. The molecule has 0 amide bonds. The topological polar surface area (TPSA) is 44.7 Å². The van der Waals surface area contributed by atoms with Gasteiger partial charge in [-0.2, -0.15) is 0 Å². The van der Waals surface area contributed by atoms with Gasteiger partial charge in [-0.25, -0.2) is 0 Å². The van der Waals surface area contributed by atoms with Gasteiger partial charge < -0.3 is 20.1 Å². The molecule has 1 saturated heterocycles. The fourth-order valence-corrected chi connectivity index (χ4v) is 2.37. The number of nitrogens with one attached hydrogen (secondary N) is 1. The van der Waals surface area contributed by atoms with Crippen LogP contribution < -0.4 is 5.32 Å². The number of aliphatic hydroxyl groups excluding tert-OH is 1. The van der Waals surface area contributed by atoms with Gasteiger partial charge >= 0.3 is 0 Å². The average Bonchev–Trinajstić information content (AvgIpc) is 2.40. The van der Waals surface area contributed by atoms with E-state index in [1.807, 2.05) is 0 Å². The molecule has 4 heteroatoms. The maximum absolute atomic E-state index is 9.28. The second-order valence-electron chi connectivity index (χ2n) is 5.37. The van der Waals surface area contributed by atoms with Crippen LogP contribution in [0.2, 0.25) is 0 Å². The summed E-state index contributed by atoms with van der Waals surface area (Å²) < 4.78 is 5.74. The summed E-state index contributed by atoms with van der Waals surface area (Å²) in [6.07, 6.45) is 6.24. The van der Waals surface area contributed by atoms with Crippen LogP contribution >= 0.6 is 0 Å². The predicted octanol–water partition coefficient (Wildman–Crippen LogP) is 1.24. The zero-order chi connectivity index (χ0) is 13.2. The lowest BCUT2D eigenvalue weighted by Gasteiger charge is -2.28. The van der Waals surface area contributed by atoms with Gasteiger partial charge in [0, 0.05) is 19.2 Å². The summed E-state index contributed by atoms with van der Waals surface area (Å²) in [5.74, 6) is 0. The van der Waals surface area contributed by atoms with E-state index in [0.29, 0.717) is 6.10 Å². The Morgan fingerprint density at radius 3 is 2.89 bits per heavy atom. The smallest absolute Gasteiger partial charge is 0.0701 e. The molecule has 1 aliphatic heterocycles. The van der Waals surface area contributed by atoms with E-state index in [1.54, 1.807) is 0 Å². The van der Waals surface area contributed by atoms with Crippen molar-refractivity contribution in [2.45, 2.75) is 51.2 Å². The summed E-state index contributed by atoms with van der Waals surface area (Å²) in [5.41, 5.74) is 0. The van der Waals surface area contributed by atoms with Gasteiger partial charge in [-0.3, -0.25) is 0 Å². The highest BCUT2D eigenvalue weighted by Crippen LogP contribution is 2.13. The largest absolute Gasteiger partial charge is 0.395 e. The molecular weight excluding hydrogens is 228 g/mol. The molecule has 1 fully saturated rings. The molecule has 0 bridgehead atoms. The van der Waals surface area contributed by atoms with Crippen LogP contribution in [0.1, 0.15) is 39.0 Å². The zero-order valence-electron chi connectivity index (χ0n) is 12.0. The molecule has 0 radical (unpaired) electrons. The molecule has 1 heterocycles. The van der Waals surface area contributed by atoms with E-state index in [1.165, 1.54) is 19.3 Å². The predicted molar refractivity (Wildman–Crippen MR) is 74.9 cm³/mol. The number of rotatable bonds is 9. The Hall–Kier alpha value is -0.160. The van der Waals surface area contributed by atoms with Crippen molar-refractivity contribution in [3.63, 3.8) is 0 Å². The Labute approximate surface area is 112 Å². The van der Waals surface area contributed by atoms with Gasteiger partial charge in [0.1, 0.15) is 0 Å². The lowest BCUT2D eigenvalue weighted by Crippen LogP contribution is -2.39. The number of likely N-dealkylation sites (N-methyl/N-ethyl adjacent to an activating group) is 1. The van der Waals surface area contributed by atoms with Crippen LogP contribution in [0.3, 0.4) is 0 Å². The minimum Gasteiger partial charge on any atom is -0.395 e. The van der Waals surface area contributed by atoms with Crippen LogP contribution in [-0.4, -0.2) is 62.0 Å². The molecule has 0 aromatic carbocycles. The summed E-state index contributed by atoms with van der Waals surface area (Å²) >= 11 is 0. The summed E-state index contributed by atoms with van der Waals surface area (Å²) in [6.45, 7) is 6.33. The summed E-state index contributed by atoms with van der Waals surface area (Å²) in [4.78, 5) is 2.33. The van der Waals surface area contributed by atoms with Crippen molar-refractivity contribution in [1.29, 1.82) is 0 Å². The van der Waals surface area contributed by atoms with Gasteiger partial charge in [-0.15, -0.1) is 0 Å². The zero-order valence-corrected chi connectivity index (χ0v) is 12.0. The van der Waals surface area contributed by atoms with Gasteiger partial charge in [0.05, 0.1) is 12.7 Å². The highest BCUT2D eigenvalue weighted by Gasteiger charge is 2.16. The first-order valence-corrected chi connectivity index (χ1v) is 7.40. The fourth-order valence-electron chi connectivity index (χ4n) is 2.37. The first-order valence-electron chi connectivity index (χ1n) is 7.40. The highest BCUT2D eigenvalue weighted by molar-refractivity contribution is 4.71. The normalized spacial score (nSPS) is 22.3. The first kappa shape index (κ1) is 15.9. The maximum atomic E-state index is 9.28. The molecule has 18 heavy (non-hydrogen) atoms. The molecule has 108 valence electrons. The van der Waals surface area contributed by atoms with Gasteiger partial charge in [0.25, 0.3) is 0 Å². The minimum atomic E-state index is 0.230. The Balaban J connectivity index is 2.11. The molecule has 2 atom stereocenters. The SMILES string of the molecule is CCCNC(CO)CCN(C)CC1CCCCO1. The van der Waals surface area contributed by atoms with E-state index in [-0.39, 0.29) is 12.6 Å². The lowest BCUT2D eigenvalue weighted by molar-refractivity contribution is -0.00206. The van der Waals surface area contributed by atoms with Crippen LogP contribution in [0.4, 0.5) is 0 Å². The molecule has 2 unspecified atom stereocenters. The van der Waals surface area contributed by atoms with E-state index >= 15 is 0 Å². The minimum absolute atomic E-state index is 0.230. The fraction of sp³-hybridized carbons (Fsp3) is 1.00. The Bertz CT molecular complexity index is 196. The molecular formula is C14H30N2O2. The Kier molecular flexibility index (Phi) is 8.59. The van der Waals surface area contributed by atoms with E-state index < -0.39 is 0 Å². The van der Waals surface area contributed by atoms with Crippen molar-refractivity contribution in [1.82, 2.24) is 10.2 Å². The molecule has 4 nitrogen and oxygen atoms in total. The van der Waals surface area contributed by atoms with Gasteiger partial charge in [-0.05, 0) is 52.2 Å². The number of hydrogen-bond acceptors (Lipinski definition) is 4. The molecule has 2 N–H and O–H groups in total. The van der Waals surface area contributed by atoms with Crippen molar-refractivity contribution >= 4 is 0 Å². The van der Waals surface area contributed by atoms with Gasteiger partial charge in [-0.1, -0.05) is 6.92 Å². The molecule has 0 saturated carbocycles. The van der Waals surface area contributed by atoms with Crippen molar-refractivity contribution in [3.8, 4) is 0 Å². The molecule has 0 aliphatic carbocycles. The molecule has 0 aromatic heterocycles. The lowest BCUT2D eigenvalue weighted by atomic mass is 10.1. The van der Waals surface area contributed by atoms with Crippen molar-refractivity contribution < 1.29 is 9.84 Å². The van der Waals surface area contributed by atoms with Crippen LogP contribution in [0.15, 0.2) is 0 Å². The second kappa shape index (κ2) is 9.73. The molecule has 1 aliphatic rings. The molecule has 0 spiro atoms. The summed E-state index contributed by atoms with van der Waals surface area (Å²) in [7, 11) is 2.15. The van der Waals surface area contributed by atoms with Crippen molar-refractivity contribution in [3.05, 3.63) is 0 Å². The monoisotopic (exact) mass is 258 g/mol. The average molecular weight is 258 g/mol. The number of nitrogens with zero attached hydrogens (tertiary/aromatic N) is 1. The van der Waals surface area contributed by atoms with Crippen LogP contribution in [0.5, 0.6) is 0 Å².